The van der Waals surface area contributed by atoms with Crippen LogP contribution in [0, 0.1) is 0 Å². The number of hydrogen-bond donors (Lipinski definition) is 1. The zero-order chi connectivity index (χ0) is 14.2. The monoisotopic (exact) mass is 277 g/mol. The molecule has 1 fully saturated rings. The van der Waals surface area contributed by atoms with Gasteiger partial charge in [-0.15, -0.1) is 0 Å². The minimum Gasteiger partial charge on any atom is -0.410 e. The molecule has 1 aromatic rings. The summed E-state index contributed by atoms with van der Waals surface area (Å²) in [6.07, 6.45) is 0.572. The van der Waals surface area contributed by atoms with Gasteiger partial charge in [0.25, 0.3) is 0 Å². The van der Waals surface area contributed by atoms with Gasteiger partial charge in [-0.3, -0.25) is 0 Å². The first-order valence-electron chi connectivity index (χ1n) is 7.15. The Hall–Kier alpha value is -1.59. The summed E-state index contributed by atoms with van der Waals surface area (Å²) in [4.78, 5) is 16.3. The second-order valence-corrected chi connectivity index (χ2v) is 5.13. The van der Waals surface area contributed by atoms with Crippen LogP contribution in [0.15, 0.2) is 30.3 Å². The van der Waals surface area contributed by atoms with Gasteiger partial charge in [0.2, 0.25) is 0 Å². The van der Waals surface area contributed by atoms with Crippen LogP contribution in [0.25, 0.3) is 0 Å². The zero-order valence-electron chi connectivity index (χ0n) is 12.0. The Morgan fingerprint density at radius 3 is 2.60 bits per heavy atom. The zero-order valence-corrected chi connectivity index (χ0v) is 12.0. The molecule has 1 aliphatic rings. The van der Waals surface area contributed by atoms with Crippen molar-refractivity contribution in [1.29, 1.82) is 0 Å². The van der Waals surface area contributed by atoms with Gasteiger partial charge in [0.15, 0.2) is 0 Å². The molecule has 1 aromatic carbocycles. The number of ether oxygens (including phenoxy) is 1. The van der Waals surface area contributed by atoms with Crippen LogP contribution in [0.1, 0.15) is 6.42 Å². The lowest BCUT2D eigenvalue weighted by Crippen LogP contribution is -2.45. The summed E-state index contributed by atoms with van der Waals surface area (Å²) >= 11 is 0. The van der Waals surface area contributed by atoms with Crippen LogP contribution in [0.4, 0.5) is 4.79 Å². The number of nitrogens with zero attached hydrogens (tertiary/aromatic N) is 2. The third-order valence-electron chi connectivity index (χ3n) is 3.47. The summed E-state index contributed by atoms with van der Waals surface area (Å²) in [5.41, 5.74) is 0. The van der Waals surface area contributed by atoms with E-state index in [1.165, 1.54) is 0 Å². The van der Waals surface area contributed by atoms with Crippen molar-refractivity contribution in [3.05, 3.63) is 30.3 Å². The van der Waals surface area contributed by atoms with E-state index in [2.05, 4.69) is 22.2 Å². The number of rotatable bonds is 5. The highest BCUT2D eigenvalue weighted by atomic mass is 16.5. The lowest BCUT2D eigenvalue weighted by molar-refractivity contribution is 0.152. The highest BCUT2D eigenvalue weighted by Crippen LogP contribution is 2.08. The van der Waals surface area contributed by atoms with E-state index in [0.29, 0.717) is 12.3 Å². The lowest BCUT2D eigenvalue weighted by atomic mass is 10.3. The molecule has 1 N–H and O–H groups in total. The summed E-state index contributed by atoms with van der Waals surface area (Å²) in [6.45, 7) is 6.17. The van der Waals surface area contributed by atoms with Gasteiger partial charge in [0, 0.05) is 32.7 Å². The van der Waals surface area contributed by atoms with Crippen LogP contribution in [-0.4, -0.2) is 62.2 Å². The average molecular weight is 277 g/mol. The number of benzene rings is 1. The summed E-state index contributed by atoms with van der Waals surface area (Å²) in [6, 6.07) is 9.11. The van der Waals surface area contributed by atoms with E-state index in [4.69, 9.17) is 4.74 Å². The second-order valence-electron chi connectivity index (χ2n) is 5.13. The van der Waals surface area contributed by atoms with Crippen molar-refractivity contribution in [2.75, 3.05) is 46.3 Å². The first-order valence-corrected chi connectivity index (χ1v) is 7.15. The van der Waals surface area contributed by atoms with Crippen LogP contribution in [-0.2, 0) is 0 Å². The Morgan fingerprint density at radius 2 is 1.90 bits per heavy atom. The molecule has 1 heterocycles. The third-order valence-corrected chi connectivity index (χ3v) is 3.47. The molecule has 1 aliphatic heterocycles. The van der Waals surface area contributed by atoms with Crippen LogP contribution >= 0.6 is 0 Å². The molecule has 0 radical (unpaired) electrons. The summed E-state index contributed by atoms with van der Waals surface area (Å²) in [5.74, 6) is 0.573. The Labute approximate surface area is 120 Å². The molecule has 0 spiro atoms. The predicted molar refractivity (Wildman–Crippen MR) is 79.0 cm³/mol. The fourth-order valence-corrected chi connectivity index (χ4v) is 2.20. The van der Waals surface area contributed by atoms with Crippen LogP contribution in [0.5, 0.6) is 5.75 Å². The molecule has 0 atom stereocenters. The fourth-order valence-electron chi connectivity index (χ4n) is 2.20. The van der Waals surface area contributed by atoms with Gasteiger partial charge in [0.05, 0.1) is 0 Å². The van der Waals surface area contributed by atoms with Gasteiger partial charge in [-0.05, 0) is 32.1 Å². The van der Waals surface area contributed by atoms with Crippen molar-refractivity contribution < 1.29 is 9.53 Å². The molecule has 1 amide bonds. The van der Waals surface area contributed by atoms with Crippen molar-refractivity contribution in [2.24, 2.45) is 0 Å². The number of para-hydroxylation sites is 1. The Bertz CT molecular complexity index is 403. The van der Waals surface area contributed by atoms with E-state index in [-0.39, 0.29) is 6.09 Å². The molecular formula is C15H23N3O2. The van der Waals surface area contributed by atoms with Gasteiger partial charge < -0.3 is 19.9 Å². The van der Waals surface area contributed by atoms with Crippen molar-refractivity contribution >= 4 is 6.09 Å². The third kappa shape index (κ3) is 5.19. The van der Waals surface area contributed by atoms with Crippen molar-refractivity contribution in [3.8, 4) is 5.75 Å². The van der Waals surface area contributed by atoms with Crippen LogP contribution in [0.3, 0.4) is 0 Å². The summed E-state index contributed by atoms with van der Waals surface area (Å²) < 4.78 is 5.15. The van der Waals surface area contributed by atoms with Gasteiger partial charge in [-0.2, -0.15) is 0 Å². The van der Waals surface area contributed by atoms with Crippen molar-refractivity contribution in [2.45, 2.75) is 6.42 Å². The maximum atomic E-state index is 11.6. The van der Waals surface area contributed by atoms with E-state index < -0.39 is 0 Å². The van der Waals surface area contributed by atoms with E-state index in [9.17, 15) is 4.79 Å². The molecule has 0 aliphatic carbocycles. The van der Waals surface area contributed by atoms with Gasteiger partial charge >= 0.3 is 6.09 Å². The molecule has 0 saturated carbocycles. The van der Waals surface area contributed by atoms with Crippen molar-refractivity contribution in [3.63, 3.8) is 0 Å². The maximum Gasteiger partial charge on any atom is 0.412 e. The molecule has 20 heavy (non-hydrogen) atoms. The number of amides is 1. The smallest absolute Gasteiger partial charge is 0.410 e. The van der Waals surface area contributed by atoms with E-state index >= 15 is 0 Å². The topological polar surface area (TPSA) is 44.8 Å². The maximum absolute atomic E-state index is 11.6. The molecule has 0 aromatic heterocycles. The Kier molecular flexibility index (Phi) is 5.83. The van der Waals surface area contributed by atoms with Gasteiger partial charge in [-0.25, -0.2) is 4.79 Å². The first kappa shape index (κ1) is 14.8. The summed E-state index contributed by atoms with van der Waals surface area (Å²) in [7, 11) is 2.15. The number of nitrogens with one attached hydrogen (secondary N) is 1. The molecule has 5 heteroatoms. The molecule has 110 valence electrons. The van der Waals surface area contributed by atoms with Crippen molar-refractivity contribution in [1.82, 2.24) is 15.1 Å². The normalized spacial score (nSPS) is 16.9. The number of piperazine rings is 1. The number of carbonyl (C=O) groups excluding carboxylic acids is 1. The Balaban J connectivity index is 1.56. The molecule has 1 saturated heterocycles. The predicted octanol–water partition coefficient (Wildman–Crippen LogP) is 1.41. The number of likely N-dealkylation sites (N-methyl/N-ethyl adjacent to an activating group) is 1. The lowest BCUT2D eigenvalue weighted by Gasteiger charge is -2.32. The van der Waals surface area contributed by atoms with Gasteiger partial charge in [0.1, 0.15) is 5.75 Å². The SMILES string of the molecule is CN1CCN(CCCNC(=O)Oc2ccccc2)CC1. The minimum absolute atomic E-state index is 0.380. The first-order chi connectivity index (χ1) is 9.74. The molecule has 5 nitrogen and oxygen atoms in total. The molecular weight excluding hydrogens is 254 g/mol. The van der Waals surface area contributed by atoms with Crippen LogP contribution < -0.4 is 10.1 Å². The number of hydrogen-bond acceptors (Lipinski definition) is 4. The molecule has 0 bridgehead atoms. The van der Waals surface area contributed by atoms with E-state index in [1.54, 1.807) is 12.1 Å². The second kappa shape index (κ2) is 7.87. The fraction of sp³-hybridized carbons (Fsp3) is 0.533. The summed E-state index contributed by atoms with van der Waals surface area (Å²) in [5, 5.41) is 2.78. The van der Waals surface area contributed by atoms with Gasteiger partial charge in [-0.1, -0.05) is 18.2 Å². The van der Waals surface area contributed by atoms with E-state index in [1.807, 2.05) is 18.2 Å². The minimum atomic E-state index is -0.380. The van der Waals surface area contributed by atoms with E-state index in [0.717, 1.165) is 39.1 Å². The number of carbonyl (C=O) groups is 1. The average Bonchev–Trinajstić information content (AvgIpc) is 2.46. The van der Waals surface area contributed by atoms with Crippen LogP contribution in [0.2, 0.25) is 0 Å². The highest BCUT2D eigenvalue weighted by molar-refractivity contribution is 5.70. The standard InChI is InChI=1S/C15H23N3O2/c1-17-10-12-18(13-11-17)9-5-8-16-15(19)20-14-6-3-2-4-7-14/h2-4,6-7H,5,8-13H2,1H3,(H,16,19). The molecule has 0 unspecified atom stereocenters. The Morgan fingerprint density at radius 1 is 1.20 bits per heavy atom. The quantitative estimate of drug-likeness (QED) is 0.827. The highest BCUT2D eigenvalue weighted by Gasteiger charge is 2.12. The largest absolute Gasteiger partial charge is 0.412 e. The molecule has 2 rings (SSSR count).